The van der Waals surface area contributed by atoms with Crippen LogP contribution in [0.1, 0.15) is 24.1 Å². The molecule has 0 spiro atoms. The van der Waals surface area contributed by atoms with Gasteiger partial charge in [-0.1, -0.05) is 24.8 Å². The summed E-state index contributed by atoms with van der Waals surface area (Å²) in [5, 5.41) is 13.3. The van der Waals surface area contributed by atoms with Gasteiger partial charge in [-0.3, -0.25) is 14.5 Å². The van der Waals surface area contributed by atoms with E-state index in [9.17, 15) is 14.7 Å². The Labute approximate surface area is 195 Å². The first-order valence-corrected chi connectivity index (χ1v) is 11.2. The van der Waals surface area contributed by atoms with E-state index in [-0.39, 0.29) is 11.3 Å². The number of ether oxygens (including phenoxy) is 2. The maximum atomic E-state index is 13.1. The van der Waals surface area contributed by atoms with Gasteiger partial charge in [0.05, 0.1) is 18.2 Å². The zero-order valence-electron chi connectivity index (χ0n) is 17.9. The molecule has 1 aliphatic rings. The number of thiazole rings is 1. The van der Waals surface area contributed by atoms with Crippen molar-refractivity contribution in [2.75, 3.05) is 18.1 Å². The lowest BCUT2D eigenvalue weighted by atomic mass is 9.95. The van der Waals surface area contributed by atoms with E-state index in [0.717, 1.165) is 0 Å². The van der Waals surface area contributed by atoms with Gasteiger partial charge >= 0.3 is 5.91 Å². The van der Waals surface area contributed by atoms with Crippen LogP contribution in [0, 0.1) is 0 Å². The minimum atomic E-state index is -0.866. The molecule has 0 radical (unpaired) electrons. The van der Waals surface area contributed by atoms with Crippen molar-refractivity contribution in [2.24, 2.45) is 0 Å². The van der Waals surface area contributed by atoms with Gasteiger partial charge in [0.2, 0.25) is 0 Å². The number of aliphatic hydroxyl groups excluding tert-OH is 1. The number of aromatic nitrogens is 1. The fourth-order valence-corrected chi connectivity index (χ4v) is 4.31. The third kappa shape index (κ3) is 4.38. The molecule has 0 aliphatic carbocycles. The summed E-state index contributed by atoms with van der Waals surface area (Å²) in [6.45, 7) is 6.34. The van der Waals surface area contributed by atoms with Crippen molar-refractivity contribution in [3.63, 3.8) is 0 Å². The van der Waals surface area contributed by atoms with E-state index in [4.69, 9.17) is 9.47 Å². The Morgan fingerprint density at radius 2 is 1.97 bits per heavy atom. The van der Waals surface area contributed by atoms with Crippen molar-refractivity contribution >= 4 is 33.9 Å². The quantitative estimate of drug-likeness (QED) is 0.225. The summed E-state index contributed by atoms with van der Waals surface area (Å²) in [6, 6.07) is 12.9. The molecule has 0 bridgehead atoms. The van der Waals surface area contributed by atoms with Gasteiger partial charge in [0.15, 0.2) is 5.13 Å². The van der Waals surface area contributed by atoms with Gasteiger partial charge in [0, 0.05) is 17.1 Å². The largest absolute Gasteiger partial charge is 0.507 e. The molecule has 8 heteroatoms. The lowest BCUT2D eigenvalue weighted by Gasteiger charge is -2.23. The summed E-state index contributed by atoms with van der Waals surface area (Å²) >= 11 is 1.24. The van der Waals surface area contributed by atoms with Gasteiger partial charge in [0.1, 0.15) is 23.9 Å². The number of rotatable bonds is 8. The smallest absolute Gasteiger partial charge is 0.301 e. The molecule has 1 fully saturated rings. The van der Waals surface area contributed by atoms with Crippen LogP contribution in [0.15, 0.2) is 78.3 Å². The summed E-state index contributed by atoms with van der Waals surface area (Å²) in [6.07, 6.45) is 3.19. The standard InChI is InChI=1S/C25H22N2O5S/c1-3-13-32-19-7-5-6-17(15-19)21-20(22(28)16-8-10-18(11-9-16)31-4-2)23(29)24(30)27(21)25-26-12-14-33-25/h3,5-12,14-15,21,28H,1,4,13H2,2H3. The molecule has 4 rings (SSSR count). The summed E-state index contributed by atoms with van der Waals surface area (Å²) in [7, 11) is 0. The number of hydrogen-bond donors (Lipinski definition) is 1. The Balaban J connectivity index is 1.85. The SMILES string of the molecule is C=CCOc1cccc(C2C(=C(O)c3ccc(OCC)cc3)C(=O)C(=O)N2c2nccs2)c1. The van der Waals surface area contributed by atoms with Crippen LogP contribution in [0.25, 0.3) is 5.76 Å². The molecule has 2 heterocycles. The average Bonchev–Trinajstić information content (AvgIpc) is 3.45. The number of anilines is 1. The highest BCUT2D eigenvalue weighted by Gasteiger charge is 2.48. The van der Waals surface area contributed by atoms with Crippen molar-refractivity contribution < 1.29 is 24.2 Å². The number of benzene rings is 2. The topological polar surface area (TPSA) is 89.0 Å². The van der Waals surface area contributed by atoms with E-state index in [2.05, 4.69) is 11.6 Å². The lowest BCUT2D eigenvalue weighted by molar-refractivity contribution is -0.132. The van der Waals surface area contributed by atoms with E-state index >= 15 is 0 Å². The number of ketones is 1. The van der Waals surface area contributed by atoms with E-state index in [0.29, 0.717) is 41.0 Å². The normalized spacial score (nSPS) is 17.2. The zero-order valence-corrected chi connectivity index (χ0v) is 18.7. The molecule has 3 aromatic rings. The fourth-order valence-electron chi connectivity index (χ4n) is 3.64. The lowest BCUT2D eigenvalue weighted by Crippen LogP contribution is -2.29. The number of carbonyl (C=O) groups excluding carboxylic acids is 2. The summed E-state index contributed by atoms with van der Waals surface area (Å²) in [5.74, 6) is -0.601. The van der Waals surface area contributed by atoms with Gasteiger partial charge in [-0.15, -0.1) is 11.3 Å². The Morgan fingerprint density at radius 3 is 2.64 bits per heavy atom. The molecule has 7 nitrogen and oxygen atoms in total. The molecular formula is C25H22N2O5S. The van der Waals surface area contributed by atoms with Gasteiger partial charge < -0.3 is 14.6 Å². The van der Waals surface area contributed by atoms with Crippen LogP contribution in [0.5, 0.6) is 11.5 Å². The molecule has 1 unspecified atom stereocenters. The second kappa shape index (κ2) is 9.70. The number of aliphatic hydroxyl groups is 1. The monoisotopic (exact) mass is 462 g/mol. The van der Waals surface area contributed by atoms with Crippen LogP contribution in [0.3, 0.4) is 0 Å². The summed E-state index contributed by atoms with van der Waals surface area (Å²) < 4.78 is 11.1. The second-order valence-electron chi connectivity index (χ2n) is 7.11. The van der Waals surface area contributed by atoms with Crippen molar-refractivity contribution in [2.45, 2.75) is 13.0 Å². The maximum Gasteiger partial charge on any atom is 0.301 e. The van der Waals surface area contributed by atoms with Crippen molar-refractivity contribution in [3.8, 4) is 11.5 Å². The van der Waals surface area contributed by atoms with Gasteiger partial charge in [-0.25, -0.2) is 4.98 Å². The van der Waals surface area contributed by atoms with E-state index in [1.165, 1.54) is 16.2 Å². The molecule has 1 amide bonds. The molecule has 1 atom stereocenters. The summed E-state index contributed by atoms with van der Waals surface area (Å²) in [5.41, 5.74) is 0.998. The number of amides is 1. The number of nitrogens with zero attached hydrogens (tertiary/aromatic N) is 2. The van der Waals surface area contributed by atoms with Crippen molar-refractivity contribution in [1.82, 2.24) is 4.98 Å². The number of Topliss-reactive ketones (excluding diaryl/α,β-unsaturated/α-hetero) is 1. The third-order valence-corrected chi connectivity index (χ3v) is 5.82. The third-order valence-electron chi connectivity index (χ3n) is 5.05. The first-order valence-electron chi connectivity index (χ1n) is 10.3. The predicted molar refractivity (Wildman–Crippen MR) is 127 cm³/mol. The molecule has 1 aromatic heterocycles. The van der Waals surface area contributed by atoms with Crippen LogP contribution in [-0.4, -0.2) is 35.0 Å². The molecule has 33 heavy (non-hydrogen) atoms. The molecule has 1 aliphatic heterocycles. The Hall–Kier alpha value is -3.91. The molecule has 0 saturated carbocycles. The minimum Gasteiger partial charge on any atom is -0.507 e. The van der Waals surface area contributed by atoms with E-state index in [1.54, 1.807) is 66.2 Å². The van der Waals surface area contributed by atoms with Gasteiger partial charge in [0.25, 0.3) is 5.78 Å². The highest BCUT2D eigenvalue weighted by molar-refractivity contribution is 7.14. The van der Waals surface area contributed by atoms with Crippen LogP contribution in [0.4, 0.5) is 5.13 Å². The Bertz CT molecular complexity index is 1200. The molecule has 168 valence electrons. The highest BCUT2D eigenvalue weighted by Crippen LogP contribution is 2.43. The molecule has 1 N–H and O–H groups in total. The van der Waals surface area contributed by atoms with Gasteiger partial charge in [-0.2, -0.15) is 0 Å². The predicted octanol–water partition coefficient (Wildman–Crippen LogP) is 4.73. The molecular weight excluding hydrogens is 440 g/mol. The van der Waals surface area contributed by atoms with Crippen LogP contribution in [0.2, 0.25) is 0 Å². The second-order valence-corrected chi connectivity index (χ2v) is 7.99. The zero-order chi connectivity index (χ0) is 23.4. The van der Waals surface area contributed by atoms with Crippen LogP contribution in [-0.2, 0) is 9.59 Å². The highest BCUT2D eigenvalue weighted by atomic mass is 32.1. The molecule has 2 aromatic carbocycles. The minimum absolute atomic E-state index is 0.0137. The van der Waals surface area contributed by atoms with E-state index < -0.39 is 17.7 Å². The Morgan fingerprint density at radius 1 is 1.18 bits per heavy atom. The maximum absolute atomic E-state index is 13.1. The van der Waals surface area contributed by atoms with Crippen LogP contribution < -0.4 is 14.4 Å². The average molecular weight is 463 g/mol. The number of carbonyl (C=O) groups is 2. The van der Waals surface area contributed by atoms with Crippen molar-refractivity contribution in [3.05, 3.63) is 89.5 Å². The summed E-state index contributed by atoms with van der Waals surface area (Å²) in [4.78, 5) is 31.8. The van der Waals surface area contributed by atoms with E-state index in [1.807, 2.05) is 6.92 Å². The van der Waals surface area contributed by atoms with Crippen molar-refractivity contribution in [1.29, 1.82) is 0 Å². The first-order chi connectivity index (χ1) is 16.0. The Kier molecular flexibility index (Phi) is 6.55. The van der Waals surface area contributed by atoms with Crippen LogP contribution >= 0.6 is 11.3 Å². The fraction of sp³-hybridized carbons (Fsp3) is 0.160. The first kappa shape index (κ1) is 22.3. The number of hydrogen-bond acceptors (Lipinski definition) is 7. The molecule has 1 saturated heterocycles. The van der Waals surface area contributed by atoms with Gasteiger partial charge in [-0.05, 0) is 48.9 Å².